The zero-order valence-electron chi connectivity index (χ0n) is 22.8. The Hall–Kier alpha value is -2.75. The highest BCUT2D eigenvalue weighted by Crippen LogP contribution is 2.14. The first-order valence-corrected chi connectivity index (χ1v) is 14.2. The summed E-state index contributed by atoms with van der Waals surface area (Å²) in [6, 6.07) is 0. The second-order valence-electron chi connectivity index (χ2n) is 8.67. The molecule has 0 aromatic heterocycles. The largest absolute Gasteiger partial charge is 0.694 e. The Bertz CT molecular complexity index is 833. The molecule has 0 aliphatic carbocycles. The van der Waals surface area contributed by atoms with Crippen molar-refractivity contribution in [1.29, 1.82) is 0 Å². The van der Waals surface area contributed by atoms with Crippen LogP contribution in [0.3, 0.4) is 0 Å². The summed E-state index contributed by atoms with van der Waals surface area (Å²) in [7, 11) is -1.00. The molecule has 1 heterocycles. The summed E-state index contributed by atoms with van der Waals surface area (Å²) in [5.41, 5.74) is 0. The van der Waals surface area contributed by atoms with Gasteiger partial charge >= 0.3 is 8.25 Å². The van der Waals surface area contributed by atoms with E-state index in [9.17, 15) is 28.5 Å². The van der Waals surface area contributed by atoms with Gasteiger partial charge in [0.05, 0.1) is 52.2 Å². The van der Waals surface area contributed by atoms with Crippen LogP contribution in [0.15, 0.2) is 0 Å². The topological polar surface area (TPSA) is 211 Å². The van der Waals surface area contributed by atoms with Crippen LogP contribution in [-0.2, 0) is 47.3 Å². The molecule has 1 fully saturated rings. The lowest BCUT2D eigenvalue weighted by Crippen LogP contribution is -2.44. The molecule has 2 atom stereocenters. The maximum atomic E-state index is 12.1. The van der Waals surface area contributed by atoms with Crippen molar-refractivity contribution in [2.45, 2.75) is 38.2 Å². The molecular weight excluding hydrogens is 553 g/mol. The summed E-state index contributed by atoms with van der Waals surface area (Å²) in [5, 5.41) is 9.71. The van der Waals surface area contributed by atoms with Gasteiger partial charge in [-0.2, -0.15) is 0 Å². The second-order valence-corrected chi connectivity index (χ2v) is 9.40. The van der Waals surface area contributed by atoms with Gasteiger partial charge in [-0.25, -0.2) is 0 Å². The van der Waals surface area contributed by atoms with Crippen molar-refractivity contribution in [3.8, 4) is 0 Å². The smallest absolute Gasteiger partial charge is 0.380 e. The van der Waals surface area contributed by atoms with Crippen LogP contribution >= 0.6 is 8.25 Å². The lowest BCUT2D eigenvalue weighted by molar-refractivity contribution is -0.131. The van der Waals surface area contributed by atoms with Crippen molar-refractivity contribution in [2.24, 2.45) is 0 Å². The molecule has 0 aromatic rings. The fourth-order valence-electron chi connectivity index (χ4n) is 3.44. The van der Waals surface area contributed by atoms with Crippen molar-refractivity contribution in [1.82, 2.24) is 26.2 Å². The lowest BCUT2D eigenvalue weighted by atomic mass is 10.1. The van der Waals surface area contributed by atoms with Crippen LogP contribution < -0.4 is 21.3 Å². The van der Waals surface area contributed by atoms with Gasteiger partial charge in [0, 0.05) is 44.2 Å². The molecular formula is C23H41N5O11P+. The zero-order valence-corrected chi connectivity index (χ0v) is 23.7. The van der Waals surface area contributed by atoms with E-state index < -0.39 is 26.0 Å². The van der Waals surface area contributed by atoms with Crippen molar-refractivity contribution < 1.29 is 52.2 Å². The Balaban J connectivity index is 1.96. The van der Waals surface area contributed by atoms with Crippen LogP contribution in [0.1, 0.15) is 32.1 Å². The third-order valence-electron chi connectivity index (χ3n) is 5.58. The predicted octanol–water partition coefficient (Wildman–Crippen LogP) is -2.04. The van der Waals surface area contributed by atoms with E-state index >= 15 is 0 Å². The van der Waals surface area contributed by atoms with Crippen LogP contribution in [0.2, 0.25) is 0 Å². The quantitative estimate of drug-likeness (QED) is 0.0681. The maximum absolute atomic E-state index is 12.1. The van der Waals surface area contributed by atoms with Crippen LogP contribution in [-0.4, -0.2) is 125 Å². The van der Waals surface area contributed by atoms with Gasteiger partial charge in [0.1, 0.15) is 6.61 Å². The highest BCUT2D eigenvalue weighted by atomic mass is 31.1. The third kappa shape index (κ3) is 18.5. The molecule has 228 valence electrons. The van der Waals surface area contributed by atoms with E-state index in [-0.39, 0.29) is 83.6 Å². The van der Waals surface area contributed by atoms with Gasteiger partial charge in [0.15, 0.2) is 0 Å². The van der Waals surface area contributed by atoms with E-state index in [0.29, 0.717) is 32.4 Å². The Morgan fingerprint density at radius 3 is 1.95 bits per heavy atom. The minimum absolute atomic E-state index is 0.00514. The number of methoxy groups -OCH3 is 1. The van der Waals surface area contributed by atoms with Gasteiger partial charge in [-0.05, 0) is 19.3 Å². The molecule has 16 nitrogen and oxygen atoms in total. The monoisotopic (exact) mass is 594 g/mol. The SMILES string of the molecule is CO[C@H]1CCN(C(=O)CCCCC(=O)NCC(=O)NCC(=O)NCC(=O)NCCOCCOCCO[P+](=O)O)C1. The Labute approximate surface area is 234 Å². The fraction of sp³-hybridized carbons (Fsp3) is 0.783. The van der Waals surface area contributed by atoms with Gasteiger partial charge in [-0.15, -0.1) is 9.42 Å². The number of amides is 5. The molecule has 1 saturated heterocycles. The van der Waals surface area contributed by atoms with Gasteiger partial charge in [-0.1, -0.05) is 0 Å². The highest BCUT2D eigenvalue weighted by molar-refractivity contribution is 7.32. The zero-order chi connectivity index (χ0) is 29.6. The molecule has 1 aliphatic heterocycles. The number of hydrogen-bond donors (Lipinski definition) is 5. The van der Waals surface area contributed by atoms with Crippen LogP contribution in [0.4, 0.5) is 0 Å². The first-order valence-electron chi connectivity index (χ1n) is 13.0. The number of nitrogens with zero attached hydrogens (tertiary/aromatic N) is 1. The Morgan fingerprint density at radius 2 is 1.35 bits per heavy atom. The molecule has 1 aliphatic rings. The maximum Gasteiger partial charge on any atom is 0.694 e. The first kappa shape index (κ1) is 35.3. The van der Waals surface area contributed by atoms with E-state index in [1.54, 1.807) is 12.0 Å². The average Bonchev–Trinajstić information content (AvgIpc) is 3.42. The standard InChI is InChI=1S/C23H40N5O11P/c1-36-18-6-8-28(17-18)23(33)5-3-2-4-19(29)25-15-21(31)27-16-22(32)26-14-20(30)24-7-9-37-10-11-38-12-13-39-40(34)35/h18H,2-17H2,1H3,(H4-,24,25,26,27,29,30,31,32,34,35)/p+1/t18-/m0/s1. The molecule has 1 unspecified atom stereocenters. The van der Waals surface area contributed by atoms with E-state index in [4.69, 9.17) is 19.1 Å². The summed E-state index contributed by atoms with van der Waals surface area (Å²) < 4.78 is 30.3. The van der Waals surface area contributed by atoms with Crippen LogP contribution in [0.5, 0.6) is 0 Å². The number of ether oxygens (including phenoxy) is 3. The summed E-state index contributed by atoms with van der Waals surface area (Å²) in [6.45, 7) is 1.44. The first-order chi connectivity index (χ1) is 19.2. The van der Waals surface area contributed by atoms with E-state index in [1.165, 1.54) is 0 Å². The van der Waals surface area contributed by atoms with Gasteiger partial charge < -0.3 is 40.4 Å². The van der Waals surface area contributed by atoms with E-state index in [0.717, 1.165) is 6.42 Å². The van der Waals surface area contributed by atoms with Crippen molar-refractivity contribution in [3.05, 3.63) is 0 Å². The average molecular weight is 595 g/mol. The van der Waals surface area contributed by atoms with Crippen LogP contribution in [0.25, 0.3) is 0 Å². The van der Waals surface area contributed by atoms with Crippen molar-refractivity contribution in [3.63, 3.8) is 0 Å². The number of unbranched alkanes of at least 4 members (excludes halogenated alkanes) is 1. The molecule has 1 rings (SSSR count). The molecule has 0 aromatic carbocycles. The minimum atomic E-state index is -2.63. The van der Waals surface area contributed by atoms with E-state index in [2.05, 4.69) is 25.8 Å². The number of nitrogens with one attached hydrogen (secondary N) is 4. The summed E-state index contributed by atoms with van der Waals surface area (Å²) in [5.74, 6) is -1.84. The molecule has 0 bridgehead atoms. The number of likely N-dealkylation sites (tertiary alicyclic amines) is 1. The minimum Gasteiger partial charge on any atom is -0.380 e. The fourth-order valence-corrected chi connectivity index (χ4v) is 3.67. The third-order valence-corrected chi connectivity index (χ3v) is 5.99. The Morgan fingerprint density at radius 1 is 0.800 bits per heavy atom. The number of hydrogen-bond acceptors (Lipinski definition) is 10. The van der Waals surface area contributed by atoms with Crippen molar-refractivity contribution in [2.75, 3.05) is 79.4 Å². The van der Waals surface area contributed by atoms with Crippen molar-refractivity contribution >= 4 is 37.8 Å². The van der Waals surface area contributed by atoms with E-state index in [1.807, 2.05) is 0 Å². The molecule has 0 spiro atoms. The number of carbonyl (C=O) groups is 5. The normalized spacial score (nSPS) is 14.9. The summed E-state index contributed by atoms with van der Waals surface area (Å²) in [4.78, 5) is 69.6. The number of carbonyl (C=O) groups excluding carboxylic acids is 5. The predicted molar refractivity (Wildman–Crippen MR) is 140 cm³/mol. The molecule has 17 heteroatoms. The van der Waals surface area contributed by atoms with Gasteiger partial charge in [0.25, 0.3) is 0 Å². The van der Waals surface area contributed by atoms with Gasteiger partial charge in [-0.3, -0.25) is 24.0 Å². The number of rotatable bonds is 22. The van der Waals surface area contributed by atoms with Gasteiger partial charge in [0.2, 0.25) is 29.5 Å². The lowest BCUT2D eigenvalue weighted by Gasteiger charge is -2.15. The molecule has 5 amide bonds. The van der Waals surface area contributed by atoms with Crippen LogP contribution in [0, 0.1) is 0 Å². The second kappa shape index (κ2) is 22.0. The Kier molecular flexibility index (Phi) is 19.4. The summed E-state index contributed by atoms with van der Waals surface area (Å²) in [6.07, 6.45) is 2.54. The molecule has 0 saturated carbocycles. The molecule has 40 heavy (non-hydrogen) atoms. The summed E-state index contributed by atoms with van der Waals surface area (Å²) >= 11 is 0. The highest BCUT2D eigenvalue weighted by Gasteiger charge is 2.25. The molecule has 0 radical (unpaired) electrons. The molecule has 5 N–H and O–H groups in total.